The van der Waals surface area contributed by atoms with E-state index in [2.05, 4.69) is 5.32 Å². The number of nitrogens with one attached hydrogen (secondary N) is 1. The summed E-state index contributed by atoms with van der Waals surface area (Å²) in [5.41, 5.74) is 0.833. The van der Waals surface area contributed by atoms with Gasteiger partial charge in [0.05, 0.1) is 21.3 Å². The molecule has 2 unspecified atom stereocenters. The maximum Gasteiger partial charge on any atom is 0.326 e. The Hall–Kier alpha value is -2.44. The molecule has 0 fully saturated rings. The maximum absolute atomic E-state index is 12.1. The second-order valence-electron chi connectivity index (χ2n) is 5.80. The van der Waals surface area contributed by atoms with Gasteiger partial charge in [0, 0.05) is 6.42 Å². The van der Waals surface area contributed by atoms with Crippen molar-refractivity contribution in [3.8, 4) is 17.2 Å². The lowest BCUT2D eigenvalue weighted by atomic mass is 9.99. The molecule has 140 valence electrons. The average Bonchev–Trinajstić information content (AvgIpc) is 2.62. The monoisotopic (exact) mass is 353 g/mol. The minimum absolute atomic E-state index is 0.136. The molecule has 0 spiro atoms. The van der Waals surface area contributed by atoms with Gasteiger partial charge in [-0.25, -0.2) is 4.79 Å². The molecule has 0 saturated heterocycles. The Bertz CT molecular complexity index is 576. The van der Waals surface area contributed by atoms with Crippen LogP contribution in [0.15, 0.2) is 12.1 Å². The SMILES string of the molecule is CCC(C)C(NC(=O)CCc1cc(OC)c(OC)c(OC)c1)C(=O)O. The van der Waals surface area contributed by atoms with Crippen LogP contribution in [0.1, 0.15) is 32.3 Å². The van der Waals surface area contributed by atoms with E-state index in [0.29, 0.717) is 30.1 Å². The molecule has 7 heteroatoms. The van der Waals surface area contributed by atoms with Gasteiger partial charge in [0.2, 0.25) is 11.7 Å². The minimum Gasteiger partial charge on any atom is -0.493 e. The van der Waals surface area contributed by atoms with Gasteiger partial charge in [-0.1, -0.05) is 20.3 Å². The summed E-state index contributed by atoms with van der Waals surface area (Å²) in [6, 6.07) is 2.67. The van der Waals surface area contributed by atoms with Gasteiger partial charge in [0.15, 0.2) is 11.5 Å². The zero-order valence-electron chi connectivity index (χ0n) is 15.4. The lowest BCUT2D eigenvalue weighted by molar-refractivity contribution is -0.143. The van der Waals surface area contributed by atoms with E-state index in [1.165, 1.54) is 21.3 Å². The first-order chi connectivity index (χ1) is 11.9. The number of hydrogen-bond acceptors (Lipinski definition) is 5. The molecular formula is C18H27NO6. The third kappa shape index (κ3) is 5.55. The molecule has 0 aromatic heterocycles. The first kappa shape index (κ1) is 20.6. The summed E-state index contributed by atoms with van der Waals surface area (Å²) in [6.45, 7) is 3.70. The second-order valence-corrected chi connectivity index (χ2v) is 5.80. The molecule has 2 N–H and O–H groups in total. The van der Waals surface area contributed by atoms with E-state index in [9.17, 15) is 14.7 Å². The van der Waals surface area contributed by atoms with Crippen LogP contribution in [0, 0.1) is 5.92 Å². The van der Waals surface area contributed by atoms with Crippen molar-refractivity contribution < 1.29 is 28.9 Å². The van der Waals surface area contributed by atoms with Crippen molar-refractivity contribution in [2.75, 3.05) is 21.3 Å². The lowest BCUT2D eigenvalue weighted by Gasteiger charge is -2.20. The van der Waals surface area contributed by atoms with Gasteiger partial charge < -0.3 is 24.6 Å². The molecule has 1 aromatic carbocycles. The number of aryl methyl sites for hydroxylation is 1. The Labute approximate surface area is 148 Å². The molecule has 7 nitrogen and oxygen atoms in total. The van der Waals surface area contributed by atoms with Crippen molar-refractivity contribution in [1.29, 1.82) is 0 Å². The van der Waals surface area contributed by atoms with Crippen LogP contribution in [0.3, 0.4) is 0 Å². The molecule has 0 aliphatic heterocycles. The molecule has 1 rings (SSSR count). The van der Waals surface area contributed by atoms with Crippen molar-refractivity contribution >= 4 is 11.9 Å². The zero-order valence-corrected chi connectivity index (χ0v) is 15.4. The fourth-order valence-corrected chi connectivity index (χ4v) is 2.47. The van der Waals surface area contributed by atoms with Crippen molar-refractivity contribution in [2.24, 2.45) is 5.92 Å². The van der Waals surface area contributed by atoms with Crippen molar-refractivity contribution in [1.82, 2.24) is 5.32 Å². The number of carbonyl (C=O) groups is 2. The van der Waals surface area contributed by atoms with Crippen LogP contribution in [-0.2, 0) is 16.0 Å². The first-order valence-corrected chi connectivity index (χ1v) is 8.18. The highest BCUT2D eigenvalue weighted by molar-refractivity contribution is 5.83. The number of methoxy groups -OCH3 is 3. The number of carbonyl (C=O) groups excluding carboxylic acids is 1. The van der Waals surface area contributed by atoms with Gasteiger partial charge in [-0.15, -0.1) is 0 Å². The Morgan fingerprint density at radius 3 is 2.08 bits per heavy atom. The summed E-state index contributed by atoms with van der Waals surface area (Å²) in [5.74, 6) is 0.0565. The smallest absolute Gasteiger partial charge is 0.326 e. The highest BCUT2D eigenvalue weighted by Crippen LogP contribution is 2.38. The largest absolute Gasteiger partial charge is 0.493 e. The summed E-state index contributed by atoms with van der Waals surface area (Å²) in [5, 5.41) is 11.8. The number of benzene rings is 1. The van der Waals surface area contributed by atoms with Gasteiger partial charge in [0.1, 0.15) is 6.04 Å². The summed E-state index contributed by atoms with van der Waals surface area (Å²) in [7, 11) is 4.57. The van der Waals surface area contributed by atoms with Gasteiger partial charge >= 0.3 is 5.97 Å². The molecule has 25 heavy (non-hydrogen) atoms. The van der Waals surface area contributed by atoms with E-state index in [0.717, 1.165) is 5.56 Å². The summed E-state index contributed by atoms with van der Waals surface area (Å²) < 4.78 is 15.8. The Morgan fingerprint density at radius 1 is 1.12 bits per heavy atom. The Kier molecular flexibility index (Phi) is 8.04. The number of hydrogen-bond donors (Lipinski definition) is 2. The highest BCUT2D eigenvalue weighted by Gasteiger charge is 2.25. The zero-order chi connectivity index (χ0) is 19.0. The second kappa shape index (κ2) is 9.76. The molecule has 0 bridgehead atoms. The molecule has 0 aliphatic rings. The molecule has 1 aromatic rings. The fraction of sp³-hybridized carbons (Fsp3) is 0.556. The summed E-state index contributed by atoms with van der Waals surface area (Å²) >= 11 is 0. The normalized spacial score (nSPS) is 12.8. The topological polar surface area (TPSA) is 94.1 Å². The van der Waals surface area contributed by atoms with E-state index in [4.69, 9.17) is 14.2 Å². The van der Waals surface area contributed by atoms with Gasteiger partial charge in [-0.05, 0) is 30.0 Å². The van der Waals surface area contributed by atoms with Gasteiger partial charge in [-0.3, -0.25) is 4.79 Å². The van der Waals surface area contributed by atoms with Crippen LogP contribution in [0.4, 0.5) is 0 Å². The summed E-state index contributed by atoms with van der Waals surface area (Å²) in [4.78, 5) is 23.4. The molecule has 0 radical (unpaired) electrons. The minimum atomic E-state index is -1.02. The van der Waals surface area contributed by atoms with Gasteiger partial charge in [-0.2, -0.15) is 0 Å². The molecule has 0 saturated carbocycles. The summed E-state index contributed by atoms with van der Waals surface area (Å²) in [6.07, 6.45) is 1.26. The van der Waals surface area contributed by atoms with E-state index in [-0.39, 0.29) is 18.2 Å². The molecule has 0 aliphatic carbocycles. The third-order valence-electron chi connectivity index (χ3n) is 4.16. The predicted octanol–water partition coefficient (Wildman–Crippen LogP) is 2.26. The van der Waals surface area contributed by atoms with E-state index in [1.807, 2.05) is 6.92 Å². The lowest BCUT2D eigenvalue weighted by Crippen LogP contribution is -2.45. The van der Waals surface area contributed by atoms with Crippen LogP contribution in [0.2, 0.25) is 0 Å². The van der Waals surface area contributed by atoms with Crippen LogP contribution in [-0.4, -0.2) is 44.4 Å². The maximum atomic E-state index is 12.1. The number of carboxylic acids is 1. The Balaban J connectivity index is 2.80. The van der Waals surface area contributed by atoms with E-state index >= 15 is 0 Å². The predicted molar refractivity (Wildman–Crippen MR) is 93.4 cm³/mol. The van der Waals surface area contributed by atoms with Crippen molar-refractivity contribution in [3.05, 3.63) is 17.7 Å². The number of carboxylic acid groups (broad SMARTS) is 1. The molecule has 1 amide bonds. The van der Waals surface area contributed by atoms with Gasteiger partial charge in [0.25, 0.3) is 0 Å². The number of rotatable bonds is 10. The van der Waals surface area contributed by atoms with Crippen LogP contribution >= 0.6 is 0 Å². The Morgan fingerprint density at radius 2 is 1.68 bits per heavy atom. The van der Waals surface area contributed by atoms with E-state index < -0.39 is 12.0 Å². The van der Waals surface area contributed by atoms with Crippen molar-refractivity contribution in [3.63, 3.8) is 0 Å². The average molecular weight is 353 g/mol. The van der Waals surface area contributed by atoms with Crippen LogP contribution < -0.4 is 19.5 Å². The highest BCUT2D eigenvalue weighted by atomic mass is 16.5. The first-order valence-electron chi connectivity index (χ1n) is 8.18. The molecular weight excluding hydrogens is 326 g/mol. The molecule has 2 atom stereocenters. The van der Waals surface area contributed by atoms with Crippen LogP contribution in [0.25, 0.3) is 0 Å². The van der Waals surface area contributed by atoms with E-state index in [1.54, 1.807) is 19.1 Å². The fourth-order valence-electron chi connectivity index (χ4n) is 2.47. The standard InChI is InChI=1S/C18H27NO6/c1-6-11(2)16(18(21)22)19-15(20)8-7-12-9-13(23-3)17(25-5)14(10-12)24-4/h9-11,16H,6-8H2,1-5H3,(H,19,20)(H,21,22). The quantitative estimate of drug-likeness (QED) is 0.670. The number of amides is 1. The van der Waals surface area contributed by atoms with Crippen molar-refractivity contribution in [2.45, 2.75) is 39.2 Å². The third-order valence-corrected chi connectivity index (χ3v) is 4.16. The molecule has 0 heterocycles. The van der Waals surface area contributed by atoms with Crippen LogP contribution in [0.5, 0.6) is 17.2 Å². The number of aliphatic carboxylic acids is 1. The number of ether oxygens (including phenoxy) is 3.